The van der Waals surface area contributed by atoms with Crippen molar-refractivity contribution >= 4 is 35.1 Å². The summed E-state index contributed by atoms with van der Waals surface area (Å²) in [6.07, 6.45) is 1.25. The molecule has 7 nitrogen and oxygen atoms in total. The summed E-state index contributed by atoms with van der Waals surface area (Å²) in [7, 11) is 0. The fourth-order valence-electron chi connectivity index (χ4n) is 1.74. The van der Waals surface area contributed by atoms with Gasteiger partial charge in [-0.25, -0.2) is 4.98 Å². The number of piperazine rings is 1. The number of amides is 3. The van der Waals surface area contributed by atoms with E-state index in [1.807, 2.05) is 0 Å². The highest BCUT2D eigenvalue weighted by atomic mass is 35.5. The lowest BCUT2D eigenvalue weighted by Crippen LogP contribution is -2.58. The molecular weight excluding hydrogens is 272 g/mol. The van der Waals surface area contributed by atoms with Gasteiger partial charge in [0.05, 0.1) is 10.6 Å². The van der Waals surface area contributed by atoms with Crippen LogP contribution < -0.4 is 11.1 Å². The number of hydrogen-bond donors (Lipinski definition) is 2. The molecule has 0 aromatic carbocycles. The maximum atomic E-state index is 12.3. The van der Waals surface area contributed by atoms with Crippen molar-refractivity contribution in [2.45, 2.75) is 13.0 Å². The number of anilines is 1. The predicted molar refractivity (Wildman–Crippen MR) is 67.3 cm³/mol. The van der Waals surface area contributed by atoms with Crippen LogP contribution in [0, 0.1) is 0 Å². The van der Waals surface area contributed by atoms with E-state index in [2.05, 4.69) is 10.3 Å². The molecule has 8 heteroatoms. The zero-order valence-electron chi connectivity index (χ0n) is 10.0. The van der Waals surface area contributed by atoms with Crippen molar-refractivity contribution in [1.29, 1.82) is 0 Å². The second-order valence-corrected chi connectivity index (χ2v) is 4.52. The molecule has 100 valence electrons. The zero-order chi connectivity index (χ0) is 14.2. The monoisotopic (exact) mass is 282 g/mol. The van der Waals surface area contributed by atoms with E-state index in [1.165, 1.54) is 19.2 Å². The molecule has 19 heavy (non-hydrogen) atoms. The molecule has 0 radical (unpaired) electrons. The smallest absolute Gasteiger partial charge is 0.256 e. The maximum Gasteiger partial charge on any atom is 0.256 e. The second kappa shape index (κ2) is 4.85. The lowest BCUT2D eigenvalue weighted by atomic mass is 10.1. The lowest BCUT2D eigenvalue weighted by Gasteiger charge is -2.31. The van der Waals surface area contributed by atoms with Crippen LogP contribution in [0.3, 0.4) is 0 Å². The Bertz CT molecular complexity index is 575. The number of carbonyl (C=O) groups excluding carboxylic acids is 3. The molecule has 0 saturated carbocycles. The van der Waals surface area contributed by atoms with E-state index in [9.17, 15) is 14.4 Å². The summed E-state index contributed by atoms with van der Waals surface area (Å²) in [5.74, 6) is -1.46. The van der Waals surface area contributed by atoms with Crippen LogP contribution in [0.5, 0.6) is 0 Å². The first kappa shape index (κ1) is 13.3. The molecule has 1 saturated heterocycles. The Labute approximate surface area is 113 Å². The highest BCUT2D eigenvalue weighted by Crippen LogP contribution is 2.20. The van der Waals surface area contributed by atoms with Gasteiger partial charge in [-0.05, 0) is 13.0 Å². The van der Waals surface area contributed by atoms with E-state index in [0.29, 0.717) is 0 Å². The van der Waals surface area contributed by atoms with Crippen LogP contribution in [0.2, 0.25) is 5.02 Å². The SMILES string of the molecule is CC1C(=O)NC(=O)CN1C(=O)c1cc(N)ncc1Cl. The van der Waals surface area contributed by atoms with Crippen LogP contribution in [-0.2, 0) is 9.59 Å². The van der Waals surface area contributed by atoms with Crippen molar-refractivity contribution < 1.29 is 14.4 Å². The number of nitrogen functional groups attached to an aromatic ring is 1. The standard InChI is InChI=1S/C11H11ClN4O3/c1-5-10(18)15-9(17)4-16(5)11(19)6-2-8(13)14-3-7(6)12/h2-3,5H,4H2,1H3,(H2,13,14)(H,15,17,18). The van der Waals surface area contributed by atoms with Gasteiger partial charge in [0.1, 0.15) is 18.4 Å². The number of halogens is 1. The fourth-order valence-corrected chi connectivity index (χ4v) is 1.92. The summed E-state index contributed by atoms with van der Waals surface area (Å²) in [4.78, 5) is 40.0. The minimum Gasteiger partial charge on any atom is -0.384 e. The lowest BCUT2D eigenvalue weighted by molar-refractivity contribution is -0.138. The molecule has 1 atom stereocenters. The number of nitrogens with one attached hydrogen (secondary N) is 1. The number of hydrogen-bond acceptors (Lipinski definition) is 5. The number of nitrogens with two attached hydrogens (primary N) is 1. The van der Waals surface area contributed by atoms with Gasteiger partial charge in [-0.3, -0.25) is 19.7 Å². The highest BCUT2D eigenvalue weighted by molar-refractivity contribution is 6.33. The molecular formula is C11H11ClN4O3. The van der Waals surface area contributed by atoms with E-state index < -0.39 is 23.8 Å². The summed E-state index contributed by atoms with van der Waals surface area (Å²) in [6.45, 7) is 1.32. The molecule has 2 rings (SSSR count). The number of carbonyl (C=O) groups is 3. The summed E-state index contributed by atoms with van der Waals surface area (Å²) in [5.41, 5.74) is 5.61. The normalized spacial score (nSPS) is 19.3. The third kappa shape index (κ3) is 2.50. The van der Waals surface area contributed by atoms with E-state index in [0.717, 1.165) is 4.90 Å². The van der Waals surface area contributed by atoms with E-state index in [1.54, 1.807) is 0 Å². The van der Waals surface area contributed by atoms with Crippen LogP contribution in [0.1, 0.15) is 17.3 Å². The minimum absolute atomic E-state index is 0.114. The molecule has 2 heterocycles. The number of rotatable bonds is 1. The van der Waals surface area contributed by atoms with Crippen molar-refractivity contribution in [1.82, 2.24) is 15.2 Å². The minimum atomic E-state index is -0.754. The van der Waals surface area contributed by atoms with Crippen molar-refractivity contribution in [3.05, 3.63) is 22.8 Å². The number of aromatic nitrogens is 1. The van der Waals surface area contributed by atoms with Crippen molar-refractivity contribution in [3.63, 3.8) is 0 Å². The molecule has 3 N–H and O–H groups in total. The summed E-state index contributed by atoms with van der Waals surface area (Å²) in [6, 6.07) is 0.560. The van der Waals surface area contributed by atoms with E-state index >= 15 is 0 Å². The molecule has 3 amide bonds. The van der Waals surface area contributed by atoms with E-state index in [-0.39, 0.29) is 22.9 Å². The molecule has 1 aliphatic heterocycles. The Hall–Kier alpha value is -2.15. The van der Waals surface area contributed by atoms with Crippen LogP contribution in [0.25, 0.3) is 0 Å². The topological polar surface area (TPSA) is 105 Å². The third-order valence-electron chi connectivity index (χ3n) is 2.79. The molecule has 0 aliphatic carbocycles. The van der Waals surface area contributed by atoms with Gasteiger partial charge < -0.3 is 10.6 Å². The summed E-state index contributed by atoms with van der Waals surface area (Å²) < 4.78 is 0. The summed E-state index contributed by atoms with van der Waals surface area (Å²) >= 11 is 5.88. The molecule has 1 aromatic rings. The van der Waals surface area contributed by atoms with Crippen LogP contribution in [0.4, 0.5) is 5.82 Å². The van der Waals surface area contributed by atoms with Crippen molar-refractivity contribution in [3.8, 4) is 0 Å². The van der Waals surface area contributed by atoms with Gasteiger partial charge in [0.2, 0.25) is 11.8 Å². The van der Waals surface area contributed by atoms with Crippen molar-refractivity contribution in [2.24, 2.45) is 0 Å². The average Bonchev–Trinajstić information content (AvgIpc) is 2.36. The quantitative estimate of drug-likeness (QED) is 0.694. The first-order chi connectivity index (χ1) is 8.90. The Kier molecular flexibility index (Phi) is 3.39. The Balaban J connectivity index is 2.35. The Morgan fingerprint density at radius 3 is 2.95 bits per heavy atom. The number of pyridine rings is 1. The maximum absolute atomic E-state index is 12.3. The van der Waals surface area contributed by atoms with Crippen LogP contribution >= 0.6 is 11.6 Å². The molecule has 1 unspecified atom stereocenters. The first-order valence-electron chi connectivity index (χ1n) is 5.46. The molecule has 1 aliphatic rings. The fraction of sp³-hybridized carbons (Fsp3) is 0.273. The number of imide groups is 1. The van der Waals surface area contributed by atoms with Crippen molar-refractivity contribution in [2.75, 3.05) is 12.3 Å². The van der Waals surface area contributed by atoms with E-state index in [4.69, 9.17) is 17.3 Å². The van der Waals surface area contributed by atoms with Crippen LogP contribution in [0.15, 0.2) is 12.3 Å². The largest absolute Gasteiger partial charge is 0.384 e. The number of nitrogens with zero attached hydrogens (tertiary/aromatic N) is 2. The third-order valence-corrected chi connectivity index (χ3v) is 3.09. The van der Waals surface area contributed by atoms with Gasteiger partial charge in [0, 0.05) is 6.20 Å². The van der Waals surface area contributed by atoms with Gasteiger partial charge in [-0.2, -0.15) is 0 Å². The Morgan fingerprint density at radius 2 is 2.26 bits per heavy atom. The van der Waals surface area contributed by atoms with Gasteiger partial charge in [0.25, 0.3) is 5.91 Å². The molecule has 1 fully saturated rings. The molecule has 1 aromatic heterocycles. The molecule has 0 bridgehead atoms. The zero-order valence-corrected chi connectivity index (χ0v) is 10.8. The first-order valence-corrected chi connectivity index (χ1v) is 5.83. The van der Waals surface area contributed by atoms with Gasteiger partial charge in [0.15, 0.2) is 0 Å². The van der Waals surface area contributed by atoms with Gasteiger partial charge in [-0.1, -0.05) is 11.6 Å². The summed E-state index contributed by atoms with van der Waals surface area (Å²) in [5, 5.41) is 2.27. The van der Waals surface area contributed by atoms with Gasteiger partial charge in [-0.15, -0.1) is 0 Å². The van der Waals surface area contributed by atoms with Gasteiger partial charge >= 0.3 is 0 Å². The highest BCUT2D eigenvalue weighted by Gasteiger charge is 2.34. The predicted octanol–water partition coefficient (Wildman–Crippen LogP) is -0.196. The average molecular weight is 283 g/mol. The second-order valence-electron chi connectivity index (χ2n) is 4.11. The Morgan fingerprint density at radius 1 is 1.58 bits per heavy atom. The van der Waals surface area contributed by atoms with Crippen LogP contribution in [-0.4, -0.2) is 40.2 Å². The molecule has 0 spiro atoms.